The van der Waals surface area contributed by atoms with Gasteiger partial charge in [-0.05, 0) is 12.1 Å². The van der Waals surface area contributed by atoms with Crippen molar-refractivity contribution in [1.82, 2.24) is 9.80 Å². The fourth-order valence-electron chi connectivity index (χ4n) is 1.31. The van der Waals surface area contributed by atoms with Gasteiger partial charge in [-0.15, -0.1) is 11.6 Å². The normalized spacial score (nSPS) is 9.86. The molecule has 0 bridgehead atoms. The van der Waals surface area contributed by atoms with Gasteiger partial charge in [-0.2, -0.15) is 0 Å². The van der Waals surface area contributed by atoms with E-state index in [0.29, 0.717) is 0 Å². The first-order valence-corrected chi connectivity index (χ1v) is 6.80. The Morgan fingerprint density at radius 2 is 1.32 bits per heavy atom. The van der Waals surface area contributed by atoms with Gasteiger partial charge in [0.2, 0.25) is 0 Å². The zero-order chi connectivity index (χ0) is 16.9. The average molecular weight is 329 g/mol. The smallest absolute Gasteiger partial charge is 0.410 e. The van der Waals surface area contributed by atoms with Crippen LogP contribution < -0.4 is 9.47 Å². The van der Waals surface area contributed by atoms with Crippen molar-refractivity contribution in [1.29, 1.82) is 0 Å². The molecule has 0 spiro atoms. The Labute approximate surface area is 133 Å². The molecule has 0 heterocycles. The minimum absolute atomic E-state index is 0.0798. The molecule has 1 aromatic carbocycles. The lowest BCUT2D eigenvalue weighted by Crippen LogP contribution is -2.26. The van der Waals surface area contributed by atoms with Crippen LogP contribution in [0, 0.1) is 0 Å². The molecular weight excluding hydrogens is 312 g/mol. The molecule has 2 amide bonds. The van der Waals surface area contributed by atoms with Crippen LogP contribution in [0.15, 0.2) is 18.2 Å². The predicted molar refractivity (Wildman–Crippen MR) is 80.9 cm³/mol. The fourth-order valence-corrected chi connectivity index (χ4v) is 1.47. The van der Waals surface area contributed by atoms with Gasteiger partial charge in [0.1, 0.15) is 11.5 Å². The van der Waals surface area contributed by atoms with Crippen LogP contribution in [0.5, 0.6) is 11.5 Å². The highest BCUT2D eigenvalue weighted by atomic mass is 35.5. The van der Waals surface area contributed by atoms with Crippen LogP contribution in [0.25, 0.3) is 0 Å². The maximum Gasteiger partial charge on any atom is 0.414 e. The Morgan fingerprint density at radius 1 is 0.909 bits per heavy atom. The number of amides is 2. The van der Waals surface area contributed by atoms with E-state index in [9.17, 15) is 14.4 Å². The van der Waals surface area contributed by atoms with Gasteiger partial charge in [0.05, 0.1) is 5.88 Å². The van der Waals surface area contributed by atoms with E-state index in [2.05, 4.69) is 0 Å². The van der Waals surface area contributed by atoms with Crippen LogP contribution >= 0.6 is 11.6 Å². The number of hydrogen-bond acceptors (Lipinski definition) is 5. The number of ether oxygens (including phenoxy) is 2. The topological polar surface area (TPSA) is 76.2 Å². The number of rotatable bonds is 4. The van der Waals surface area contributed by atoms with Crippen LogP contribution in [-0.2, 0) is 0 Å². The van der Waals surface area contributed by atoms with Gasteiger partial charge in [-0.25, -0.2) is 9.59 Å². The summed E-state index contributed by atoms with van der Waals surface area (Å²) in [5.74, 6) is -0.467. The van der Waals surface area contributed by atoms with Gasteiger partial charge in [-0.3, -0.25) is 4.79 Å². The van der Waals surface area contributed by atoms with Gasteiger partial charge in [0.25, 0.3) is 0 Å². The number of halogens is 1. The van der Waals surface area contributed by atoms with Gasteiger partial charge >= 0.3 is 12.2 Å². The summed E-state index contributed by atoms with van der Waals surface area (Å²) in [6, 6.07) is 4.06. The predicted octanol–water partition coefficient (Wildman–Crippen LogP) is 2.23. The summed E-state index contributed by atoms with van der Waals surface area (Å²) < 4.78 is 10.2. The van der Waals surface area contributed by atoms with Gasteiger partial charge in [0, 0.05) is 39.8 Å². The van der Waals surface area contributed by atoms with E-state index in [0.717, 1.165) is 0 Å². The lowest BCUT2D eigenvalue weighted by molar-refractivity contribution is 0.101. The number of carbonyl (C=O) groups excluding carboxylic acids is 3. The van der Waals surface area contributed by atoms with Crippen molar-refractivity contribution in [2.75, 3.05) is 34.1 Å². The molecule has 0 saturated carbocycles. The number of Topliss-reactive ketones (excluding diaryl/α,β-unsaturated/α-hetero) is 1. The third-order valence-corrected chi connectivity index (χ3v) is 2.71. The molecule has 0 atom stereocenters. The van der Waals surface area contributed by atoms with E-state index in [1.165, 1.54) is 56.2 Å². The number of hydrogen-bond donors (Lipinski definition) is 0. The van der Waals surface area contributed by atoms with Crippen LogP contribution in [0.1, 0.15) is 10.4 Å². The quantitative estimate of drug-likeness (QED) is 0.625. The standard InChI is InChI=1S/C14H17ClN2O5/c1-16(2)13(19)21-10-5-9(12(18)8-15)6-11(7-10)22-14(20)17(3)4/h5-7H,8H2,1-4H3. The molecule has 0 saturated heterocycles. The molecule has 0 aromatic heterocycles. The Morgan fingerprint density at radius 3 is 1.64 bits per heavy atom. The summed E-state index contributed by atoms with van der Waals surface area (Å²) in [6.07, 6.45) is -1.25. The van der Waals surface area contributed by atoms with Crippen molar-refractivity contribution >= 4 is 29.6 Å². The fraction of sp³-hybridized carbons (Fsp3) is 0.357. The highest BCUT2D eigenvalue weighted by molar-refractivity contribution is 6.30. The van der Waals surface area contributed by atoms with Crippen LogP contribution in [0.3, 0.4) is 0 Å². The Kier molecular flexibility index (Phi) is 6.18. The van der Waals surface area contributed by atoms with Crippen molar-refractivity contribution < 1.29 is 23.9 Å². The maximum absolute atomic E-state index is 11.7. The summed E-state index contributed by atoms with van der Waals surface area (Å²) in [6.45, 7) is 0. The first kappa shape index (κ1) is 17.8. The van der Waals surface area contributed by atoms with E-state index in [1.807, 2.05) is 0 Å². The molecule has 0 radical (unpaired) electrons. The SMILES string of the molecule is CN(C)C(=O)Oc1cc(OC(=O)N(C)C)cc(C(=O)CCl)c1. The number of alkyl halides is 1. The first-order valence-electron chi connectivity index (χ1n) is 6.27. The van der Waals surface area contributed by atoms with Gasteiger partial charge in [-0.1, -0.05) is 0 Å². The maximum atomic E-state index is 11.7. The van der Waals surface area contributed by atoms with Crippen LogP contribution in [0.4, 0.5) is 9.59 Å². The number of benzene rings is 1. The number of nitrogens with zero attached hydrogens (tertiary/aromatic N) is 2. The first-order chi connectivity index (χ1) is 10.2. The Balaban J connectivity index is 3.13. The lowest BCUT2D eigenvalue weighted by atomic mass is 10.1. The molecule has 8 heteroatoms. The molecule has 0 unspecified atom stereocenters. The molecule has 22 heavy (non-hydrogen) atoms. The van der Waals surface area contributed by atoms with E-state index in [4.69, 9.17) is 21.1 Å². The van der Waals surface area contributed by atoms with Gasteiger partial charge in [0.15, 0.2) is 5.78 Å². The largest absolute Gasteiger partial charge is 0.414 e. The summed E-state index contributed by atoms with van der Waals surface area (Å²) in [4.78, 5) is 37.3. The Bertz CT molecular complexity index is 546. The van der Waals surface area contributed by atoms with Gasteiger partial charge < -0.3 is 19.3 Å². The molecule has 0 aliphatic carbocycles. The van der Waals surface area contributed by atoms with Crippen LogP contribution in [0.2, 0.25) is 0 Å². The second kappa shape index (κ2) is 7.65. The van der Waals surface area contributed by atoms with Crippen molar-refractivity contribution in [3.8, 4) is 11.5 Å². The molecule has 0 aliphatic rings. The summed E-state index contributed by atoms with van der Waals surface area (Å²) >= 11 is 5.52. The zero-order valence-electron chi connectivity index (χ0n) is 12.8. The summed E-state index contributed by atoms with van der Waals surface area (Å²) in [5.41, 5.74) is 0.181. The van der Waals surface area contributed by atoms with E-state index in [-0.39, 0.29) is 28.7 Å². The number of carbonyl (C=O) groups is 3. The molecule has 1 rings (SSSR count). The Hall–Kier alpha value is -2.28. The molecule has 120 valence electrons. The molecular formula is C14H17ClN2O5. The molecule has 0 aliphatic heterocycles. The highest BCUT2D eigenvalue weighted by Gasteiger charge is 2.15. The molecule has 0 N–H and O–H groups in total. The van der Waals surface area contributed by atoms with Crippen molar-refractivity contribution in [3.63, 3.8) is 0 Å². The summed E-state index contributed by atoms with van der Waals surface area (Å²) in [5, 5.41) is 0. The average Bonchev–Trinajstić information content (AvgIpc) is 2.45. The third-order valence-electron chi connectivity index (χ3n) is 2.46. The van der Waals surface area contributed by atoms with Crippen molar-refractivity contribution in [2.24, 2.45) is 0 Å². The van der Waals surface area contributed by atoms with Crippen LogP contribution in [-0.4, -0.2) is 61.8 Å². The molecule has 0 fully saturated rings. The minimum atomic E-state index is -0.625. The van der Waals surface area contributed by atoms with Crippen molar-refractivity contribution in [2.45, 2.75) is 0 Å². The zero-order valence-corrected chi connectivity index (χ0v) is 13.5. The van der Waals surface area contributed by atoms with Crippen molar-refractivity contribution in [3.05, 3.63) is 23.8 Å². The molecule has 1 aromatic rings. The highest BCUT2D eigenvalue weighted by Crippen LogP contribution is 2.24. The second-order valence-electron chi connectivity index (χ2n) is 4.77. The van der Waals surface area contributed by atoms with E-state index >= 15 is 0 Å². The molecule has 7 nitrogen and oxygen atoms in total. The summed E-state index contributed by atoms with van der Waals surface area (Å²) in [7, 11) is 6.07. The third kappa shape index (κ3) is 4.92. The number of ketones is 1. The van der Waals surface area contributed by atoms with E-state index < -0.39 is 12.2 Å². The van der Waals surface area contributed by atoms with E-state index in [1.54, 1.807) is 0 Å². The second-order valence-corrected chi connectivity index (χ2v) is 5.04. The lowest BCUT2D eigenvalue weighted by Gasteiger charge is -2.14. The minimum Gasteiger partial charge on any atom is -0.410 e. The monoisotopic (exact) mass is 328 g/mol.